The van der Waals surface area contributed by atoms with Gasteiger partial charge >= 0.3 is 0 Å². The first kappa shape index (κ1) is 20.9. The normalized spacial score (nSPS) is 10.3. The van der Waals surface area contributed by atoms with Crippen molar-refractivity contribution >= 4 is 11.6 Å². The van der Waals surface area contributed by atoms with Crippen molar-refractivity contribution in [1.82, 2.24) is 4.98 Å². The van der Waals surface area contributed by atoms with Crippen molar-refractivity contribution in [3.05, 3.63) is 86.8 Å². The number of hydrogen-bond donors (Lipinski definition) is 2. The Balaban J connectivity index is 1.61. The summed E-state index contributed by atoms with van der Waals surface area (Å²) in [6.45, 7) is 5.51. The monoisotopic (exact) mass is 401 g/mol. The quantitative estimate of drug-likeness (QED) is 0.634. The predicted molar refractivity (Wildman–Crippen MR) is 116 cm³/mol. The van der Waals surface area contributed by atoms with Crippen LogP contribution in [-0.4, -0.2) is 10.9 Å². The Morgan fingerprint density at radius 2 is 1.83 bits per heavy atom. The van der Waals surface area contributed by atoms with Crippen LogP contribution in [0, 0.1) is 32.1 Å². The molecule has 0 saturated carbocycles. The minimum atomic E-state index is -0.395. The van der Waals surface area contributed by atoms with Crippen LogP contribution in [0.2, 0.25) is 0 Å². The summed E-state index contributed by atoms with van der Waals surface area (Å²) in [4.78, 5) is 26.9. The zero-order chi connectivity index (χ0) is 21.7. The molecular weight excluding hydrogens is 378 g/mol. The number of hydrogen-bond acceptors (Lipinski definition) is 4. The molecule has 1 heterocycles. The van der Waals surface area contributed by atoms with Gasteiger partial charge in [0.1, 0.15) is 23.1 Å². The van der Waals surface area contributed by atoms with Crippen LogP contribution in [-0.2, 0) is 11.2 Å². The highest BCUT2D eigenvalue weighted by atomic mass is 16.5. The van der Waals surface area contributed by atoms with Crippen LogP contribution in [0.4, 0.5) is 5.69 Å². The topological polar surface area (TPSA) is 95.0 Å². The van der Waals surface area contributed by atoms with Crippen molar-refractivity contribution in [2.45, 2.75) is 33.6 Å². The van der Waals surface area contributed by atoms with Gasteiger partial charge in [0.2, 0.25) is 5.91 Å². The minimum absolute atomic E-state index is 0.0974. The maximum atomic E-state index is 12.4. The average Bonchev–Trinajstić information content (AvgIpc) is 2.69. The van der Waals surface area contributed by atoms with E-state index in [1.165, 1.54) is 0 Å². The van der Waals surface area contributed by atoms with Gasteiger partial charge < -0.3 is 15.0 Å². The average molecular weight is 401 g/mol. The van der Waals surface area contributed by atoms with E-state index in [0.29, 0.717) is 29.1 Å². The van der Waals surface area contributed by atoms with Crippen LogP contribution in [0.3, 0.4) is 0 Å². The number of carbonyl (C=O) groups is 1. The second-order valence-corrected chi connectivity index (χ2v) is 7.16. The van der Waals surface area contributed by atoms with Crippen LogP contribution in [0.15, 0.2) is 53.3 Å². The van der Waals surface area contributed by atoms with E-state index in [0.717, 1.165) is 16.9 Å². The fourth-order valence-electron chi connectivity index (χ4n) is 3.30. The molecule has 152 valence electrons. The number of nitrogens with one attached hydrogen (secondary N) is 2. The number of aromatic nitrogens is 1. The third-order valence-electron chi connectivity index (χ3n) is 4.89. The summed E-state index contributed by atoms with van der Waals surface area (Å²) in [5.74, 6) is 1.29. The Hall–Kier alpha value is -3.85. The lowest BCUT2D eigenvalue weighted by Gasteiger charge is -2.11. The molecule has 3 aromatic rings. The van der Waals surface area contributed by atoms with Crippen molar-refractivity contribution in [1.29, 1.82) is 5.26 Å². The molecule has 0 saturated heterocycles. The first-order valence-corrected chi connectivity index (χ1v) is 9.64. The molecule has 1 aromatic heterocycles. The Labute approximate surface area is 175 Å². The van der Waals surface area contributed by atoms with Crippen molar-refractivity contribution in [3.63, 3.8) is 0 Å². The van der Waals surface area contributed by atoms with Gasteiger partial charge in [0, 0.05) is 17.8 Å². The molecular formula is C24H23N3O3. The number of aryl methyl sites for hydroxylation is 2. The third kappa shape index (κ3) is 4.95. The molecule has 0 unspecified atom stereocenters. The molecule has 6 heteroatoms. The molecule has 1 amide bonds. The Kier molecular flexibility index (Phi) is 6.33. The van der Waals surface area contributed by atoms with Gasteiger partial charge in [0.05, 0.1) is 0 Å². The van der Waals surface area contributed by atoms with Crippen molar-refractivity contribution in [2.24, 2.45) is 0 Å². The summed E-state index contributed by atoms with van der Waals surface area (Å²) in [6.07, 6.45) is 0.670. The standard InChI is InChI=1S/C24H23N3O3/c1-15-5-4-6-20(13-15)30-19-9-7-18(8-10-19)27-23(28)12-11-21-16(2)22(14-25)24(29)26-17(21)3/h4-10,13H,11-12H2,1-3H3,(H,26,29)(H,27,28). The minimum Gasteiger partial charge on any atom is -0.457 e. The zero-order valence-electron chi connectivity index (χ0n) is 17.2. The number of aromatic amines is 1. The van der Waals surface area contributed by atoms with E-state index in [-0.39, 0.29) is 17.9 Å². The Morgan fingerprint density at radius 3 is 2.50 bits per heavy atom. The van der Waals surface area contributed by atoms with Gasteiger partial charge in [-0.3, -0.25) is 9.59 Å². The number of nitriles is 1. The summed E-state index contributed by atoms with van der Waals surface area (Å²) < 4.78 is 5.81. The lowest BCUT2D eigenvalue weighted by molar-refractivity contribution is -0.116. The zero-order valence-corrected chi connectivity index (χ0v) is 17.2. The fourth-order valence-corrected chi connectivity index (χ4v) is 3.30. The van der Waals surface area contributed by atoms with Gasteiger partial charge in [-0.2, -0.15) is 5.26 Å². The number of benzene rings is 2. The molecule has 2 N–H and O–H groups in total. The van der Waals surface area contributed by atoms with E-state index in [2.05, 4.69) is 10.3 Å². The van der Waals surface area contributed by atoms with E-state index in [4.69, 9.17) is 10.00 Å². The van der Waals surface area contributed by atoms with Gasteiger partial charge in [-0.15, -0.1) is 0 Å². The first-order chi connectivity index (χ1) is 14.4. The number of rotatable bonds is 6. The van der Waals surface area contributed by atoms with Crippen LogP contribution in [0.5, 0.6) is 11.5 Å². The molecule has 0 bridgehead atoms. The van der Waals surface area contributed by atoms with Crippen molar-refractivity contribution in [2.75, 3.05) is 5.32 Å². The number of amides is 1. The maximum absolute atomic E-state index is 12.4. The summed E-state index contributed by atoms with van der Waals surface area (Å²) in [7, 11) is 0. The van der Waals surface area contributed by atoms with Crippen molar-refractivity contribution < 1.29 is 9.53 Å². The second-order valence-electron chi connectivity index (χ2n) is 7.16. The summed E-state index contributed by atoms with van der Waals surface area (Å²) in [5.41, 5.74) is 3.62. The van der Waals surface area contributed by atoms with Gasteiger partial charge in [-0.1, -0.05) is 12.1 Å². The molecule has 0 atom stereocenters. The maximum Gasteiger partial charge on any atom is 0.266 e. The first-order valence-electron chi connectivity index (χ1n) is 9.64. The van der Waals surface area contributed by atoms with E-state index in [1.807, 2.05) is 37.3 Å². The Bertz CT molecular complexity index is 1170. The molecule has 0 fully saturated rings. The van der Waals surface area contributed by atoms with E-state index in [1.54, 1.807) is 38.1 Å². The fraction of sp³-hybridized carbons (Fsp3) is 0.208. The lowest BCUT2D eigenvalue weighted by atomic mass is 9.99. The van der Waals surface area contributed by atoms with Gasteiger partial charge in [0.25, 0.3) is 5.56 Å². The number of ether oxygens (including phenoxy) is 1. The number of H-pyrrole nitrogens is 1. The van der Waals surface area contributed by atoms with Gasteiger partial charge in [-0.05, 0) is 80.3 Å². The number of anilines is 1. The predicted octanol–water partition coefficient (Wildman–Crippen LogP) is 4.54. The summed E-state index contributed by atoms with van der Waals surface area (Å²) >= 11 is 0. The lowest BCUT2D eigenvalue weighted by Crippen LogP contribution is -2.18. The van der Waals surface area contributed by atoms with Gasteiger partial charge in [-0.25, -0.2) is 0 Å². The van der Waals surface area contributed by atoms with Crippen LogP contribution in [0.1, 0.15) is 34.4 Å². The van der Waals surface area contributed by atoms with E-state index >= 15 is 0 Å². The number of pyridine rings is 1. The molecule has 2 aromatic carbocycles. The second kappa shape index (κ2) is 9.10. The molecule has 3 rings (SSSR count). The highest BCUT2D eigenvalue weighted by Crippen LogP contribution is 2.24. The van der Waals surface area contributed by atoms with Crippen LogP contribution >= 0.6 is 0 Å². The molecule has 0 radical (unpaired) electrons. The van der Waals surface area contributed by atoms with Crippen LogP contribution in [0.25, 0.3) is 0 Å². The smallest absolute Gasteiger partial charge is 0.266 e. The van der Waals surface area contributed by atoms with Crippen LogP contribution < -0.4 is 15.6 Å². The molecule has 0 aliphatic heterocycles. The number of nitrogens with zero attached hydrogens (tertiary/aromatic N) is 1. The third-order valence-corrected chi connectivity index (χ3v) is 4.89. The summed E-state index contributed by atoms with van der Waals surface area (Å²) in [6, 6.07) is 16.9. The largest absolute Gasteiger partial charge is 0.457 e. The molecule has 0 aliphatic carbocycles. The SMILES string of the molecule is Cc1cccc(Oc2ccc(NC(=O)CCc3c(C)[nH]c(=O)c(C#N)c3C)cc2)c1. The van der Waals surface area contributed by atoms with Gasteiger partial charge in [0.15, 0.2) is 0 Å². The van der Waals surface area contributed by atoms with E-state index in [9.17, 15) is 9.59 Å². The summed E-state index contributed by atoms with van der Waals surface area (Å²) in [5, 5.41) is 12.0. The Morgan fingerprint density at radius 1 is 1.10 bits per heavy atom. The van der Waals surface area contributed by atoms with Crippen molar-refractivity contribution in [3.8, 4) is 17.6 Å². The molecule has 30 heavy (non-hydrogen) atoms. The molecule has 6 nitrogen and oxygen atoms in total. The number of carbonyl (C=O) groups excluding carboxylic acids is 1. The highest BCUT2D eigenvalue weighted by Gasteiger charge is 2.13. The highest BCUT2D eigenvalue weighted by molar-refractivity contribution is 5.90. The molecule has 0 aliphatic rings. The molecule has 0 spiro atoms. The van der Waals surface area contributed by atoms with E-state index < -0.39 is 5.56 Å².